The number of benzene rings is 8. The molecule has 2 aromatic heterocycles. The summed E-state index contributed by atoms with van der Waals surface area (Å²) in [6.45, 7) is 0. The molecule has 1 N–H and O–H groups in total. The second kappa shape index (κ2) is 12.3. The van der Waals surface area contributed by atoms with Crippen molar-refractivity contribution in [2.75, 3.05) is 5.32 Å². The molecular weight excluding hydrogens is 659 g/mol. The summed E-state index contributed by atoms with van der Waals surface area (Å²) in [4.78, 5) is 0. The minimum atomic E-state index is 0.719. The number of anilines is 2. The summed E-state index contributed by atoms with van der Waals surface area (Å²) >= 11 is 0. The average molecular weight is 692 g/mol. The molecule has 0 saturated carbocycles. The van der Waals surface area contributed by atoms with Gasteiger partial charge in [-0.25, -0.2) is 0 Å². The Morgan fingerprint density at radius 2 is 1.13 bits per heavy atom. The van der Waals surface area contributed by atoms with E-state index in [1.807, 2.05) is 12.1 Å². The van der Waals surface area contributed by atoms with Gasteiger partial charge in [-0.05, 0) is 80.6 Å². The minimum absolute atomic E-state index is 0.719. The maximum atomic E-state index is 6.97. The van der Waals surface area contributed by atoms with Crippen LogP contribution < -0.4 is 15.8 Å². The Balaban J connectivity index is 1.07. The van der Waals surface area contributed by atoms with E-state index in [1.165, 1.54) is 21.2 Å². The van der Waals surface area contributed by atoms with Crippen LogP contribution in [0.5, 0.6) is 0 Å². The second-order valence-electron chi connectivity index (χ2n) is 14.1. The SMILES string of the molecule is C1=c2ccccc2=Cc2c(oc3c(-c4ccc(-c5ccc6oc7ccccc7c6c5)cc4)ccc(-c4ccccc4Nc4cccc5ccccc45)c23)C1. The smallest absolute Gasteiger partial charge is 0.143 e. The van der Waals surface area contributed by atoms with Crippen molar-refractivity contribution in [3.8, 4) is 33.4 Å². The number of fused-ring (bicyclic) bond motifs is 8. The van der Waals surface area contributed by atoms with Gasteiger partial charge in [0, 0.05) is 56.0 Å². The third-order valence-electron chi connectivity index (χ3n) is 10.9. The van der Waals surface area contributed by atoms with E-state index in [0.29, 0.717) is 0 Å². The van der Waals surface area contributed by atoms with Crippen molar-refractivity contribution in [2.24, 2.45) is 0 Å². The van der Waals surface area contributed by atoms with Crippen LogP contribution in [0.1, 0.15) is 11.3 Å². The molecule has 0 fully saturated rings. The standard InChI is InChI=1S/C51H33NO2/c1-2-12-36-31-44-49(28-24-32(36)10-1)54-51-39(35-22-20-33(21-23-35)37-25-29-48-43(30-37)41-16-6-8-19-47(41)53-48)26-27-42(50(44)51)40-15-5-7-17-46(40)52-45-18-9-13-34-11-3-4-14-38(34)45/h1-27,29-31,52H,28H2. The van der Waals surface area contributed by atoms with Crippen LogP contribution in [-0.2, 0) is 6.42 Å². The first-order chi connectivity index (χ1) is 26.7. The maximum absolute atomic E-state index is 6.97. The van der Waals surface area contributed by atoms with E-state index in [2.05, 4.69) is 175 Å². The van der Waals surface area contributed by atoms with Crippen LogP contribution in [0, 0.1) is 0 Å². The number of hydrogen-bond acceptors (Lipinski definition) is 3. The van der Waals surface area contributed by atoms with Gasteiger partial charge in [-0.3, -0.25) is 0 Å². The molecule has 0 amide bonds. The first kappa shape index (κ1) is 30.5. The van der Waals surface area contributed by atoms with Gasteiger partial charge >= 0.3 is 0 Å². The lowest BCUT2D eigenvalue weighted by molar-refractivity contribution is 0.569. The first-order valence-corrected chi connectivity index (χ1v) is 18.5. The van der Waals surface area contributed by atoms with Gasteiger partial charge in [0.2, 0.25) is 0 Å². The van der Waals surface area contributed by atoms with E-state index in [-0.39, 0.29) is 0 Å². The van der Waals surface area contributed by atoms with Gasteiger partial charge in [0.15, 0.2) is 0 Å². The molecule has 0 atom stereocenters. The molecule has 3 nitrogen and oxygen atoms in total. The van der Waals surface area contributed by atoms with Crippen LogP contribution in [0.4, 0.5) is 11.4 Å². The molecular formula is C51H33NO2. The molecule has 3 heteroatoms. The van der Waals surface area contributed by atoms with Gasteiger partial charge in [0.25, 0.3) is 0 Å². The molecule has 8 aromatic carbocycles. The van der Waals surface area contributed by atoms with E-state index < -0.39 is 0 Å². The summed E-state index contributed by atoms with van der Waals surface area (Å²) in [5, 5.41) is 12.0. The molecule has 2 heterocycles. The largest absolute Gasteiger partial charge is 0.459 e. The van der Waals surface area contributed by atoms with Crippen molar-refractivity contribution in [1.82, 2.24) is 0 Å². The topological polar surface area (TPSA) is 38.3 Å². The highest BCUT2D eigenvalue weighted by Gasteiger charge is 2.22. The zero-order valence-electron chi connectivity index (χ0n) is 29.3. The maximum Gasteiger partial charge on any atom is 0.143 e. The third kappa shape index (κ3) is 4.97. The van der Waals surface area contributed by atoms with E-state index in [1.54, 1.807) is 0 Å². The van der Waals surface area contributed by atoms with Crippen molar-refractivity contribution < 1.29 is 8.83 Å². The van der Waals surface area contributed by atoms with Gasteiger partial charge in [-0.1, -0.05) is 140 Å². The van der Waals surface area contributed by atoms with Crippen molar-refractivity contribution >= 4 is 67.2 Å². The molecule has 10 aromatic rings. The highest BCUT2D eigenvalue weighted by molar-refractivity contribution is 6.10. The number of furan rings is 2. The fourth-order valence-electron chi connectivity index (χ4n) is 8.27. The molecule has 0 radical (unpaired) electrons. The molecule has 1 aliphatic carbocycles. The van der Waals surface area contributed by atoms with Crippen molar-refractivity contribution in [3.05, 3.63) is 192 Å². The lowest BCUT2D eigenvalue weighted by atomic mass is 9.92. The highest BCUT2D eigenvalue weighted by atomic mass is 16.3. The lowest BCUT2D eigenvalue weighted by Crippen LogP contribution is -2.22. The van der Waals surface area contributed by atoms with Gasteiger partial charge in [0.1, 0.15) is 22.5 Å². The summed E-state index contributed by atoms with van der Waals surface area (Å²) in [5.41, 5.74) is 12.7. The number of para-hydroxylation sites is 2. The fraction of sp³-hybridized carbons (Fsp3) is 0.0196. The Morgan fingerprint density at radius 1 is 0.444 bits per heavy atom. The molecule has 0 aliphatic heterocycles. The Morgan fingerprint density at radius 3 is 2.06 bits per heavy atom. The molecule has 54 heavy (non-hydrogen) atoms. The summed E-state index contributed by atoms with van der Waals surface area (Å²) < 4.78 is 13.1. The molecule has 0 unspecified atom stereocenters. The number of rotatable bonds is 5. The number of nitrogens with one attached hydrogen (secondary N) is 1. The molecule has 0 spiro atoms. The second-order valence-corrected chi connectivity index (χ2v) is 14.1. The Hall–Kier alpha value is -7.10. The fourth-order valence-corrected chi connectivity index (χ4v) is 8.27. The quantitative estimate of drug-likeness (QED) is 0.195. The zero-order chi connectivity index (χ0) is 35.6. The Labute approximate surface area is 311 Å². The van der Waals surface area contributed by atoms with Crippen LogP contribution >= 0.6 is 0 Å². The van der Waals surface area contributed by atoms with Crippen LogP contribution in [0.15, 0.2) is 179 Å². The van der Waals surface area contributed by atoms with Crippen LogP contribution in [0.3, 0.4) is 0 Å². The molecule has 254 valence electrons. The van der Waals surface area contributed by atoms with E-state index in [0.717, 1.165) is 95.4 Å². The molecule has 11 rings (SSSR count). The van der Waals surface area contributed by atoms with Crippen LogP contribution in [-0.4, -0.2) is 0 Å². The molecule has 1 aliphatic rings. The van der Waals surface area contributed by atoms with E-state index >= 15 is 0 Å². The van der Waals surface area contributed by atoms with Crippen LogP contribution in [0.2, 0.25) is 0 Å². The van der Waals surface area contributed by atoms with Crippen molar-refractivity contribution in [3.63, 3.8) is 0 Å². The zero-order valence-corrected chi connectivity index (χ0v) is 29.3. The molecule has 0 bridgehead atoms. The summed E-state index contributed by atoms with van der Waals surface area (Å²) in [6.07, 6.45) is 5.31. The lowest BCUT2D eigenvalue weighted by Gasteiger charge is -2.16. The van der Waals surface area contributed by atoms with E-state index in [4.69, 9.17) is 8.83 Å². The van der Waals surface area contributed by atoms with Gasteiger partial charge in [0.05, 0.1) is 0 Å². The van der Waals surface area contributed by atoms with Crippen LogP contribution in [0.25, 0.3) is 89.2 Å². The summed E-state index contributed by atoms with van der Waals surface area (Å²) in [5.74, 6) is 0.978. The first-order valence-electron chi connectivity index (χ1n) is 18.5. The summed E-state index contributed by atoms with van der Waals surface area (Å²) in [6, 6.07) is 60.2. The number of hydrogen-bond donors (Lipinski definition) is 1. The molecule has 0 saturated heterocycles. The van der Waals surface area contributed by atoms with Crippen molar-refractivity contribution in [2.45, 2.75) is 6.42 Å². The van der Waals surface area contributed by atoms with E-state index in [9.17, 15) is 0 Å². The predicted octanol–water partition coefficient (Wildman–Crippen LogP) is 12.4. The monoisotopic (exact) mass is 691 g/mol. The Bertz CT molecular complexity index is 3210. The van der Waals surface area contributed by atoms with Gasteiger partial charge < -0.3 is 14.2 Å². The van der Waals surface area contributed by atoms with Crippen molar-refractivity contribution in [1.29, 1.82) is 0 Å². The van der Waals surface area contributed by atoms with Gasteiger partial charge in [-0.2, -0.15) is 0 Å². The highest BCUT2D eigenvalue weighted by Crippen LogP contribution is 2.44. The third-order valence-corrected chi connectivity index (χ3v) is 10.9. The minimum Gasteiger partial charge on any atom is -0.459 e. The Kier molecular flexibility index (Phi) is 6.93. The average Bonchev–Trinajstić information content (AvgIpc) is 3.72. The van der Waals surface area contributed by atoms with Gasteiger partial charge in [-0.15, -0.1) is 0 Å². The predicted molar refractivity (Wildman–Crippen MR) is 224 cm³/mol. The summed E-state index contributed by atoms with van der Waals surface area (Å²) in [7, 11) is 0. The normalized spacial score (nSPS) is 12.3.